The van der Waals surface area contributed by atoms with Gasteiger partial charge in [-0.2, -0.15) is 0 Å². The van der Waals surface area contributed by atoms with Gasteiger partial charge in [0, 0.05) is 17.8 Å². The van der Waals surface area contributed by atoms with Gasteiger partial charge >= 0.3 is 37.9 Å². The number of nitrogens with zero attached hydrogens (tertiary/aromatic N) is 1. The van der Waals surface area contributed by atoms with Crippen LogP contribution in [0.3, 0.4) is 0 Å². The summed E-state index contributed by atoms with van der Waals surface area (Å²) in [5.41, 5.74) is 4.01. The van der Waals surface area contributed by atoms with Crippen LogP contribution in [0.1, 0.15) is 43.2 Å². The molecule has 0 spiro atoms. The van der Waals surface area contributed by atoms with E-state index in [1.807, 2.05) is 43.5 Å². The zero-order valence-electron chi connectivity index (χ0n) is 14.4. The third-order valence-corrected chi connectivity index (χ3v) is 4.44. The zero-order chi connectivity index (χ0) is 18.1. The van der Waals surface area contributed by atoms with Gasteiger partial charge in [0.15, 0.2) is 0 Å². The number of benzene rings is 2. The van der Waals surface area contributed by atoms with Crippen molar-refractivity contribution in [2.24, 2.45) is 4.99 Å². The SMILES string of the molecule is Cc1cc(-c2ccccc2)cc(C=NC2CCCCC2)c1O.[Cl][Zr][Cl]. The summed E-state index contributed by atoms with van der Waals surface area (Å²) in [6, 6.07) is 14.8. The first-order valence-electron chi connectivity index (χ1n) is 8.54. The molecule has 0 unspecified atom stereocenters. The molecule has 0 amide bonds. The Morgan fingerprint density at radius 3 is 2.32 bits per heavy atom. The molecule has 5 heteroatoms. The topological polar surface area (TPSA) is 32.6 Å². The van der Waals surface area contributed by atoms with Gasteiger partial charge in [0.2, 0.25) is 0 Å². The van der Waals surface area contributed by atoms with Crippen LogP contribution in [0.4, 0.5) is 0 Å². The van der Waals surface area contributed by atoms with Crippen molar-refractivity contribution in [3.8, 4) is 16.9 Å². The summed E-state index contributed by atoms with van der Waals surface area (Å²) in [5.74, 6) is 0.347. The van der Waals surface area contributed by atoms with E-state index in [0.29, 0.717) is 11.8 Å². The number of aliphatic imine (C=N–C) groups is 1. The van der Waals surface area contributed by atoms with Crippen LogP contribution in [-0.4, -0.2) is 17.4 Å². The Balaban J connectivity index is 0.000000701. The number of hydrogen-bond acceptors (Lipinski definition) is 2. The van der Waals surface area contributed by atoms with E-state index in [1.54, 1.807) is 0 Å². The molecular weight excluding hydrogens is 432 g/mol. The predicted octanol–water partition coefficient (Wildman–Crippen LogP) is 6.50. The molecule has 3 rings (SSSR count). The van der Waals surface area contributed by atoms with Crippen LogP contribution in [0.5, 0.6) is 5.75 Å². The average molecular weight is 456 g/mol. The van der Waals surface area contributed by atoms with Crippen molar-refractivity contribution in [2.75, 3.05) is 0 Å². The molecule has 0 bridgehead atoms. The maximum absolute atomic E-state index is 10.3. The van der Waals surface area contributed by atoms with E-state index >= 15 is 0 Å². The summed E-state index contributed by atoms with van der Waals surface area (Å²) in [7, 11) is 9.87. The minimum atomic E-state index is -0.826. The molecule has 1 fully saturated rings. The van der Waals surface area contributed by atoms with Crippen LogP contribution < -0.4 is 0 Å². The number of halogens is 2. The second-order valence-electron chi connectivity index (χ2n) is 6.24. The van der Waals surface area contributed by atoms with E-state index in [0.717, 1.165) is 22.3 Å². The van der Waals surface area contributed by atoms with Crippen LogP contribution in [0, 0.1) is 6.92 Å². The van der Waals surface area contributed by atoms with Gasteiger partial charge in [0.25, 0.3) is 0 Å². The summed E-state index contributed by atoms with van der Waals surface area (Å²) in [6.07, 6.45) is 8.10. The Kier molecular flexibility index (Phi) is 9.24. The maximum atomic E-state index is 10.3. The zero-order valence-corrected chi connectivity index (χ0v) is 18.4. The quantitative estimate of drug-likeness (QED) is 0.527. The molecule has 0 atom stereocenters. The van der Waals surface area contributed by atoms with Gasteiger partial charge in [-0.05, 0) is 48.6 Å². The van der Waals surface area contributed by atoms with Crippen molar-refractivity contribution in [3.63, 3.8) is 0 Å². The Morgan fingerprint density at radius 1 is 1.04 bits per heavy atom. The fourth-order valence-electron chi connectivity index (χ4n) is 3.12. The van der Waals surface area contributed by atoms with Crippen molar-refractivity contribution >= 4 is 23.2 Å². The second kappa shape index (κ2) is 11.2. The minimum absolute atomic E-state index is 0.347. The van der Waals surface area contributed by atoms with Gasteiger partial charge < -0.3 is 5.11 Å². The molecule has 0 heterocycles. The van der Waals surface area contributed by atoms with Crippen molar-refractivity contribution in [2.45, 2.75) is 45.1 Å². The standard InChI is InChI=1S/C20H23NO.2ClH.Zr/c1-15-12-17(16-8-4-2-5-9-16)13-18(20(15)22)14-21-19-10-6-3-7-11-19;;;/h2,4-5,8-9,12-14,19,22H,3,6-7,10-11H2,1H3;2*1H;/q;;;+2/p-2. The van der Waals surface area contributed by atoms with Gasteiger partial charge in [-0.1, -0.05) is 49.6 Å². The number of phenolic OH excluding ortho intramolecular Hbond substituents is 1. The molecule has 2 nitrogen and oxygen atoms in total. The summed E-state index contributed by atoms with van der Waals surface area (Å²) in [6.45, 7) is 1.94. The molecule has 1 aliphatic carbocycles. The number of aromatic hydroxyl groups is 1. The Bertz CT molecular complexity index is 686. The Labute approximate surface area is 169 Å². The molecule has 1 N–H and O–H groups in total. The molecule has 25 heavy (non-hydrogen) atoms. The summed E-state index contributed by atoms with van der Waals surface area (Å²) < 4.78 is 0. The molecule has 132 valence electrons. The van der Waals surface area contributed by atoms with Crippen molar-refractivity contribution in [1.29, 1.82) is 0 Å². The Hall–Kier alpha value is -0.627. The fourth-order valence-corrected chi connectivity index (χ4v) is 3.12. The van der Waals surface area contributed by atoms with Crippen LogP contribution in [-0.2, 0) is 20.8 Å². The third-order valence-electron chi connectivity index (χ3n) is 4.44. The van der Waals surface area contributed by atoms with Crippen LogP contribution in [0.15, 0.2) is 47.5 Å². The first-order valence-corrected chi connectivity index (χ1v) is 14.9. The van der Waals surface area contributed by atoms with E-state index in [2.05, 4.69) is 12.1 Å². The average Bonchev–Trinajstić information content (AvgIpc) is 2.65. The Morgan fingerprint density at radius 2 is 1.68 bits per heavy atom. The number of aryl methyl sites for hydroxylation is 1. The molecule has 2 aromatic carbocycles. The molecular formula is C20H23Cl2NOZr. The van der Waals surface area contributed by atoms with Gasteiger partial charge in [-0.25, -0.2) is 0 Å². The van der Waals surface area contributed by atoms with Gasteiger partial charge in [-0.15, -0.1) is 0 Å². The van der Waals surface area contributed by atoms with E-state index in [9.17, 15) is 5.11 Å². The monoisotopic (exact) mass is 453 g/mol. The first-order chi connectivity index (χ1) is 12.2. The van der Waals surface area contributed by atoms with E-state index in [4.69, 9.17) is 22.0 Å². The molecule has 0 aliphatic heterocycles. The van der Waals surface area contributed by atoms with Crippen LogP contribution >= 0.6 is 17.0 Å². The molecule has 1 saturated carbocycles. The predicted molar refractivity (Wildman–Crippen MR) is 104 cm³/mol. The second-order valence-corrected chi connectivity index (χ2v) is 9.97. The molecule has 0 aromatic heterocycles. The van der Waals surface area contributed by atoms with E-state index in [1.165, 1.54) is 32.1 Å². The molecule has 0 radical (unpaired) electrons. The third kappa shape index (κ3) is 6.55. The van der Waals surface area contributed by atoms with E-state index < -0.39 is 20.8 Å². The van der Waals surface area contributed by atoms with Gasteiger partial charge in [0.05, 0.1) is 0 Å². The molecule has 0 saturated heterocycles. The van der Waals surface area contributed by atoms with Crippen molar-refractivity contribution in [1.82, 2.24) is 0 Å². The van der Waals surface area contributed by atoms with Gasteiger partial charge in [-0.3, -0.25) is 4.99 Å². The number of phenols is 1. The fraction of sp³-hybridized carbons (Fsp3) is 0.350. The van der Waals surface area contributed by atoms with Gasteiger partial charge in [0.1, 0.15) is 5.75 Å². The molecule has 2 aromatic rings. The van der Waals surface area contributed by atoms with Crippen molar-refractivity contribution in [3.05, 3.63) is 53.6 Å². The van der Waals surface area contributed by atoms with E-state index in [-0.39, 0.29) is 0 Å². The van der Waals surface area contributed by atoms with Crippen LogP contribution in [0.25, 0.3) is 11.1 Å². The van der Waals surface area contributed by atoms with Crippen LogP contribution in [0.2, 0.25) is 0 Å². The molecule has 1 aliphatic rings. The van der Waals surface area contributed by atoms with Crippen molar-refractivity contribution < 1.29 is 26.0 Å². The first kappa shape index (κ1) is 20.7. The summed E-state index contributed by atoms with van der Waals surface area (Å²) >= 11 is -0.826. The summed E-state index contributed by atoms with van der Waals surface area (Å²) in [5, 5.41) is 10.3. The normalized spacial score (nSPS) is 14.8. The number of rotatable bonds is 3. The number of hydrogen-bond donors (Lipinski definition) is 1. The summed E-state index contributed by atoms with van der Waals surface area (Å²) in [4.78, 5) is 4.71.